The Morgan fingerprint density at radius 3 is 1.72 bits per heavy atom. The topological polar surface area (TPSA) is 125 Å². The van der Waals surface area contributed by atoms with Crippen molar-refractivity contribution in [2.45, 2.75) is 25.3 Å². The maximum atomic E-state index is 6.22. The van der Waals surface area contributed by atoms with Crippen molar-refractivity contribution in [2.75, 3.05) is 5.32 Å². The van der Waals surface area contributed by atoms with Crippen LogP contribution in [0.15, 0.2) is 151 Å². The number of benzene rings is 6. The molecule has 314 valence electrons. The molecule has 11 nitrogen and oxygen atoms in total. The standard InChI is InChI=1S/C26H23N5.C16H11ClN4.C8H4BrClN2/c1-31-16-29-23-10-9-18(13-25(23)31)21-14-19(15-24-26(21)28-12-11-27-24)30-22-8-4-6-17-5-2-3-7-20(17)22;1-21-9-20-13-3-2-10(6-15(13)21)12-7-11(17)8-14-16(12)19-5-4-18-14;9-6-3-5(10)4-7-8(6)12-2-1-11-7/h2-3,5,7,9-16,22,30H,4,6,8H2,1H3;2-9H,1H3;1-4H/t22-;;/m1../s1. The highest BCUT2D eigenvalue weighted by atomic mass is 79.9. The number of halogens is 3. The lowest BCUT2D eigenvalue weighted by Gasteiger charge is -2.27. The van der Waals surface area contributed by atoms with Crippen LogP contribution in [-0.4, -0.2) is 49.0 Å². The summed E-state index contributed by atoms with van der Waals surface area (Å²) >= 11 is 15.4. The van der Waals surface area contributed by atoms with Crippen LogP contribution in [0.25, 0.3) is 77.4 Å². The van der Waals surface area contributed by atoms with E-state index < -0.39 is 0 Å². The fraction of sp³-hybridized carbons (Fsp3) is 0.120. The minimum Gasteiger partial charge on any atom is -0.378 e. The van der Waals surface area contributed by atoms with Crippen LogP contribution in [0.2, 0.25) is 10.0 Å². The van der Waals surface area contributed by atoms with Crippen molar-refractivity contribution in [3.8, 4) is 22.3 Å². The number of aryl methyl sites for hydroxylation is 3. The van der Waals surface area contributed by atoms with Crippen LogP contribution in [0.3, 0.4) is 0 Å². The molecule has 5 aromatic heterocycles. The molecule has 0 aliphatic heterocycles. The third-order valence-corrected chi connectivity index (χ3v) is 12.4. The van der Waals surface area contributed by atoms with Crippen molar-refractivity contribution in [2.24, 2.45) is 14.1 Å². The summed E-state index contributed by atoms with van der Waals surface area (Å²) in [4.78, 5) is 35.1. The molecular weight excluding hydrogens is 905 g/mol. The lowest BCUT2D eigenvalue weighted by atomic mass is 9.87. The minimum absolute atomic E-state index is 0.312. The molecule has 0 amide bonds. The molecule has 64 heavy (non-hydrogen) atoms. The molecule has 0 unspecified atom stereocenters. The summed E-state index contributed by atoms with van der Waals surface area (Å²) in [5.41, 5.74) is 17.4. The molecule has 11 aromatic rings. The molecule has 1 atom stereocenters. The molecule has 12 rings (SSSR count). The van der Waals surface area contributed by atoms with Crippen molar-refractivity contribution in [3.05, 3.63) is 173 Å². The summed E-state index contributed by atoms with van der Waals surface area (Å²) < 4.78 is 4.92. The van der Waals surface area contributed by atoms with Crippen LogP contribution in [0.5, 0.6) is 0 Å². The number of imidazole rings is 2. The maximum absolute atomic E-state index is 6.22. The van der Waals surface area contributed by atoms with Gasteiger partial charge in [0.05, 0.1) is 68.3 Å². The lowest BCUT2D eigenvalue weighted by molar-refractivity contribution is 0.600. The zero-order chi connectivity index (χ0) is 43.7. The highest BCUT2D eigenvalue weighted by Gasteiger charge is 2.21. The quantitative estimate of drug-likeness (QED) is 0.184. The van der Waals surface area contributed by atoms with Gasteiger partial charge in [0.15, 0.2) is 0 Å². The van der Waals surface area contributed by atoms with Gasteiger partial charge in [-0.1, -0.05) is 59.6 Å². The van der Waals surface area contributed by atoms with Crippen LogP contribution in [-0.2, 0) is 20.5 Å². The molecule has 14 heteroatoms. The van der Waals surface area contributed by atoms with Crippen molar-refractivity contribution < 1.29 is 0 Å². The van der Waals surface area contributed by atoms with Crippen LogP contribution in [0.1, 0.15) is 30.0 Å². The number of nitrogens with one attached hydrogen (secondary N) is 1. The molecule has 1 N–H and O–H groups in total. The van der Waals surface area contributed by atoms with Gasteiger partial charge in [0, 0.05) is 82.6 Å². The number of fused-ring (bicyclic) bond motifs is 6. The van der Waals surface area contributed by atoms with E-state index in [1.807, 2.05) is 60.1 Å². The van der Waals surface area contributed by atoms with Crippen molar-refractivity contribution >= 4 is 100.0 Å². The smallest absolute Gasteiger partial charge is 0.103 e. The lowest BCUT2D eigenvalue weighted by Crippen LogP contribution is -2.17. The third kappa shape index (κ3) is 8.35. The highest BCUT2D eigenvalue weighted by Crippen LogP contribution is 2.37. The first-order valence-electron chi connectivity index (χ1n) is 20.6. The Morgan fingerprint density at radius 2 is 1.08 bits per heavy atom. The van der Waals surface area contributed by atoms with Crippen LogP contribution in [0.4, 0.5) is 5.69 Å². The zero-order valence-electron chi connectivity index (χ0n) is 34.7. The number of hydrogen-bond donors (Lipinski definition) is 1. The second-order valence-electron chi connectivity index (χ2n) is 15.5. The van der Waals surface area contributed by atoms with E-state index in [0.717, 1.165) is 100 Å². The maximum Gasteiger partial charge on any atom is 0.103 e. The Kier molecular flexibility index (Phi) is 11.4. The molecule has 0 fully saturated rings. The first kappa shape index (κ1) is 41.2. The fourth-order valence-corrected chi connectivity index (χ4v) is 9.44. The van der Waals surface area contributed by atoms with Gasteiger partial charge in [-0.2, -0.15) is 0 Å². The Balaban J connectivity index is 0.000000126. The predicted molar refractivity (Wildman–Crippen MR) is 261 cm³/mol. The number of aromatic nitrogens is 10. The number of hydrogen-bond acceptors (Lipinski definition) is 9. The Morgan fingerprint density at radius 1 is 0.547 bits per heavy atom. The average molecular weight is 944 g/mol. The van der Waals surface area contributed by atoms with Gasteiger partial charge < -0.3 is 14.5 Å². The molecule has 1 aliphatic carbocycles. The highest BCUT2D eigenvalue weighted by molar-refractivity contribution is 9.10. The van der Waals surface area contributed by atoms with Crippen LogP contribution < -0.4 is 5.32 Å². The van der Waals surface area contributed by atoms with Gasteiger partial charge in [-0.25, -0.2) is 9.97 Å². The first-order valence-corrected chi connectivity index (χ1v) is 22.2. The zero-order valence-corrected chi connectivity index (χ0v) is 37.8. The average Bonchev–Trinajstić information content (AvgIpc) is 3.89. The van der Waals surface area contributed by atoms with Gasteiger partial charge in [-0.15, -0.1) is 0 Å². The molecule has 5 heterocycles. The van der Waals surface area contributed by atoms with Crippen molar-refractivity contribution in [1.82, 2.24) is 49.0 Å². The fourth-order valence-electron chi connectivity index (χ4n) is 8.33. The van der Waals surface area contributed by atoms with Gasteiger partial charge in [-0.05, 0) is 118 Å². The summed E-state index contributed by atoms with van der Waals surface area (Å²) in [5.74, 6) is 0. The Hall–Kier alpha value is -6.86. The molecule has 1 aliphatic rings. The number of rotatable bonds is 4. The van der Waals surface area contributed by atoms with E-state index in [4.69, 9.17) is 23.2 Å². The van der Waals surface area contributed by atoms with Gasteiger partial charge >= 0.3 is 0 Å². The summed E-state index contributed by atoms with van der Waals surface area (Å²) in [6.07, 6.45) is 17.3. The molecule has 0 bridgehead atoms. The van der Waals surface area contributed by atoms with Crippen LogP contribution >= 0.6 is 39.1 Å². The van der Waals surface area contributed by atoms with Gasteiger partial charge in [0.25, 0.3) is 0 Å². The summed E-state index contributed by atoms with van der Waals surface area (Å²) in [6.45, 7) is 0. The molecule has 0 saturated carbocycles. The summed E-state index contributed by atoms with van der Waals surface area (Å²) in [7, 11) is 4.00. The van der Waals surface area contributed by atoms with E-state index in [-0.39, 0.29) is 0 Å². The van der Waals surface area contributed by atoms with E-state index in [1.54, 1.807) is 49.3 Å². The van der Waals surface area contributed by atoms with Gasteiger partial charge in [-0.3, -0.25) is 29.9 Å². The van der Waals surface area contributed by atoms with Gasteiger partial charge in [0.2, 0.25) is 0 Å². The summed E-state index contributed by atoms with van der Waals surface area (Å²) in [6, 6.07) is 33.3. The SMILES string of the molecule is Clc1cc(Br)c2nccnc2c1.Cn1cnc2ccc(-c3cc(Cl)cc4nccnc34)cc21.Cn1cnc2ccc(-c3cc(N[C@@H]4CCCc5ccccc54)cc4nccnc34)cc21. The normalized spacial score (nSPS) is 13.4. The molecule has 0 spiro atoms. The largest absolute Gasteiger partial charge is 0.378 e. The van der Waals surface area contributed by atoms with E-state index in [2.05, 4.69) is 122 Å². The number of anilines is 1. The van der Waals surface area contributed by atoms with E-state index in [0.29, 0.717) is 16.1 Å². The first-order chi connectivity index (χ1) is 31.3. The molecular formula is C50H38BrCl2N11. The molecule has 0 radical (unpaired) electrons. The summed E-state index contributed by atoms with van der Waals surface area (Å²) in [5, 5.41) is 5.12. The van der Waals surface area contributed by atoms with Crippen molar-refractivity contribution in [3.63, 3.8) is 0 Å². The Bertz CT molecular complexity index is 3520. The number of nitrogens with zero attached hydrogens (tertiary/aromatic N) is 10. The second-order valence-corrected chi connectivity index (χ2v) is 17.3. The van der Waals surface area contributed by atoms with Crippen LogP contribution in [0, 0.1) is 0 Å². The minimum atomic E-state index is 0.312. The second kappa shape index (κ2) is 17.7. The van der Waals surface area contributed by atoms with E-state index >= 15 is 0 Å². The van der Waals surface area contributed by atoms with Gasteiger partial charge in [0.1, 0.15) is 5.52 Å². The molecule has 6 aromatic carbocycles. The van der Waals surface area contributed by atoms with E-state index in [9.17, 15) is 0 Å². The monoisotopic (exact) mass is 941 g/mol. The van der Waals surface area contributed by atoms with Crippen molar-refractivity contribution in [1.29, 1.82) is 0 Å². The predicted octanol–water partition coefficient (Wildman–Crippen LogP) is 12.6. The third-order valence-electron chi connectivity index (χ3n) is 11.4. The van der Waals surface area contributed by atoms with E-state index in [1.165, 1.54) is 17.5 Å². The molecule has 0 saturated heterocycles. The Labute approximate surface area is 386 Å².